The number of rotatable bonds is 4. The summed E-state index contributed by atoms with van der Waals surface area (Å²) in [4.78, 5) is 20.0. The molecule has 22 heavy (non-hydrogen) atoms. The number of pyridine rings is 1. The van der Waals surface area contributed by atoms with Crippen molar-refractivity contribution in [3.05, 3.63) is 52.0 Å². The summed E-state index contributed by atoms with van der Waals surface area (Å²) in [6, 6.07) is 8.13. The Balaban J connectivity index is 1.63. The number of aromatic nitrogens is 1. The van der Waals surface area contributed by atoms with Gasteiger partial charge >= 0.3 is 5.97 Å². The smallest absolute Gasteiger partial charge is 0.348 e. The highest BCUT2D eigenvalue weighted by molar-refractivity contribution is 7.13. The molecule has 0 unspecified atom stereocenters. The normalized spacial score (nSPS) is 19.0. The molecule has 3 heterocycles. The van der Waals surface area contributed by atoms with Crippen LogP contribution >= 0.6 is 11.3 Å². The second kappa shape index (κ2) is 7.03. The minimum absolute atomic E-state index is 0.246. The third-order valence-electron chi connectivity index (χ3n) is 4.11. The number of piperidine rings is 1. The number of esters is 1. The van der Waals surface area contributed by atoms with E-state index in [1.807, 2.05) is 24.5 Å². The molecular weight excluding hydrogens is 296 g/mol. The number of carbonyl (C=O) groups is 1. The fourth-order valence-electron chi connectivity index (χ4n) is 3.00. The van der Waals surface area contributed by atoms with Crippen molar-refractivity contribution >= 4 is 17.3 Å². The number of likely N-dealkylation sites (tertiary alicyclic amines) is 1. The zero-order valence-corrected chi connectivity index (χ0v) is 13.5. The highest BCUT2D eigenvalue weighted by atomic mass is 32.1. The molecule has 3 rings (SSSR count). The van der Waals surface area contributed by atoms with Crippen molar-refractivity contribution in [3.8, 4) is 0 Å². The van der Waals surface area contributed by atoms with E-state index in [4.69, 9.17) is 4.74 Å². The number of hydrogen-bond donors (Lipinski definition) is 0. The van der Waals surface area contributed by atoms with E-state index in [0.717, 1.165) is 19.6 Å². The summed E-state index contributed by atoms with van der Waals surface area (Å²) in [5, 5.41) is 0. The van der Waals surface area contributed by atoms with Gasteiger partial charge in [-0.15, -0.1) is 11.3 Å². The average Bonchev–Trinajstić information content (AvgIpc) is 3.04. The van der Waals surface area contributed by atoms with Crippen molar-refractivity contribution in [3.63, 3.8) is 0 Å². The van der Waals surface area contributed by atoms with Crippen LogP contribution in [0.15, 0.2) is 36.7 Å². The van der Waals surface area contributed by atoms with E-state index in [1.165, 1.54) is 41.7 Å². The molecule has 0 radical (unpaired) electrons. The van der Waals surface area contributed by atoms with E-state index in [1.54, 1.807) is 0 Å². The monoisotopic (exact) mass is 316 g/mol. The van der Waals surface area contributed by atoms with Gasteiger partial charge in [-0.2, -0.15) is 0 Å². The number of nitrogens with zero attached hydrogens (tertiary/aromatic N) is 2. The van der Waals surface area contributed by atoms with Gasteiger partial charge in [0, 0.05) is 30.4 Å². The van der Waals surface area contributed by atoms with Gasteiger partial charge in [-0.1, -0.05) is 0 Å². The van der Waals surface area contributed by atoms with Gasteiger partial charge < -0.3 is 4.74 Å². The first-order valence-electron chi connectivity index (χ1n) is 7.55. The molecule has 116 valence electrons. The largest absolute Gasteiger partial charge is 0.465 e. The molecule has 0 aliphatic carbocycles. The van der Waals surface area contributed by atoms with E-state index in [0.29, 0.717) is 10.8 Å². The molecule has 0 amide bonds. The SMILES string of the molecule is COC(=O)c1ccc(CN2CCC[C@@H](c3ccncc3)C2)s1. The zero-order chi connectivity index (χ0) is 15.4. The minimum atomic E-state index is -0.246. The van der Waals surface area contributed by atoms with Crippen LogP contribution in [-0.4, -0.2) is 36.1 Å². The number of methoxy groups -OCH3 is 1. The first-order chi connectivity index (χ1) is 10.8. The Kier molecular flexibility index (Phi) is 4.85. The van der Waals surface area contributed by atoms with Gasteiger partial charge in [0.25, 0.3) is 0 Å². The Labute approximate surface area is 134 Å². The summed E-state index contributed by atoms with van der Waals surface area (Å²) in [6.45, 7) is 3.09. The van der Waals surface area contributed by atoms with Gasteiger partial charge in [0.15, 0.2) is 0 Å². The summed E-state index contributed by atoms with van der Waals surface area (Å²) in [5.74, 6) is 0.335. The standard InChI is InChI=1S/C17H20N2O2S/c1-21-17(20)16-5-4-15(22-16)12-19-10-2-3-14(11-19)13-6-8-18-9-7-13/h4-9,14H,2-3,10-12H2,1H3/t14-/m1/s1. The summed E-state index contributed by atoms with van der Waals surface area (Å²) in [5.41, 5.74) is 1.38. The van der Waals surface area contributed by atoms with Crippen molar-refractivity contribution in [2.24, 2.45) is 0 Å². The third-order valence-corrected chi connectivity index (χ3v) is 5.16. The van der Waals surface area contributed by atoms with Crippen LogP contribution in [-0.2, 0) is 11.3 Å². The lowest BCUT2D eigenvalue weighted by atomic mass is 9.91. The number of thiophene rings is 1. The van der Waals surface area contributed by atoms with E-state index in [-0.39, 0.29) is 5.97 Å². The zero-order valence-electron chi connectivity index (χ0n) is 12.7. The molecule has 1 aliphatic heterocycles. The Morgan fingerprint density at radius 3 is 2.95 bits per heavy atom. The maximum absolute atomic E-state index is 11.5. The van der Waals surface area contributed by atoms with Crippen LogP contribution in [0.2, 0.25) is 0 Å². The first kappa shape index (κ1) is 15.2. The third kappa shape index (κ3) is 3.54. The maximum atomic E-state index is 11.5. The van der Waals surface area contributed by atoms with Crippen LogP contribution in [0.5, 0.6) is 0 Å². The van der Waals surface area contributed by atoms with Crippen molar-refractivity contribution in [2.75, 3.05) is 20.2 Å². The van der Waals surface area contributed by atoms with Crippen LogP contribution in [0.4, 0.5) is 0 Å². The van der Waals surface area contributed by atoms with Crippen LogP contribution < -0.4 is 0 Å². The van der Waals surface area contributed by atoms with Crippen molar-refractivity contribution < 1.29 is 9.53 Å². The Hall–Kier alpha value is -1.72. The predicted molar refractivity (Wildman–Crippen MR) is 87.1 cm³/mol. The molecule has 2 aromatic heterocycles. The first-order valence-corrected chi connectivity index (χ1v) is 8.37. The second-order valence-electron chi connectivity index (χ2n) is 5.61. The molecule has 4 nitrogen and oxygen atoms in total. The quantitative estimate of drug-likeness (QED) is 0.812. The van der Waals surface area contributed by atoms with Crippen LogP contribution in [0.3, 0.4) is 0 Å². The van der Waals surface area contributed by atoms with Crippen LogP contribution in [0, 0.1) is 0 Å². The number of hydrogen-bond acceptors (Lipinski definition) is 5. The van der Waals surface area contributed by atoms with Crippen molar-refractivity contribution in [1.29, 1.82) is 0 Å². The van der Waals surface area contributed by atoms with E-state index < -0.39 is 0 Å². The minimum Gasteiger partial charge on any atom is -0.465 e. The topological polar surface area (TPSA) is 42.4 Å². The number of carbonyl (C=O) groups excluding carboxylic acids is 1. The maximum Gasteiger partial charge on any atom is 0.348 e. The summed E-state index contributed by atoms with van der Waals surface area (Å²) in [6.07, 6.45) is 6.19. The van der Waals surface area contributed by atoms with Crippen molar-refractivity contribution in [2.45, 2.75) is 25.3 Å². The predicted octanol–water partition coefficient (Wildman–Crippen LogP) is 3.31. The molecule has 0 N–H and O–H groups in total. The van der Waals surface area contributed by atoms with E-state index in [2.05, 4.69) is 22.0 Å². The lowest BCUT2D eigenvalue weighted by Crippen LogP contribution is -2.33. The number of ether oxygens (including phenoxy) is 1. The van der Waals surface area contributed by atoms with E-state index in [9.17, 15) is 4.79 Å². The summed E-state index contributed by atoms with van der Waals surface area (Å²) in [7, 11) is 1.42. The van der Waals surface area contributed by atoms with Crippen LogP contribution in [0.25, 0.3) is 0 Å². The van der Waals surface area contributed by atoms with Crippen molar-refractivity contribution in [1.82, 2.24) is 9.88 Å². The lowest BCUT2D eigenvalue weighted by molar-refractivity contribution is 0.0606. The molecule has 1 aliphatic rings. The molecule has 2 aromatic rings. The summed E-state index contributed by atoms with van der Waals surface area (Å²) < 4.78 is 4.77. The van der Waals surface area contributed by atoms with Gasteiger partial charge in [-0.3, -0.25) is 9.88 Å². The fraction of sp³-hybridized carbons (Fsp3) is 0.412. The van der Waals surface area contributed by atoms with Gasteiger partial charge in [0.05, 0.1) is 7.11 Å². The highest BCUT2D eigenvalue weighted by Crippen LogP contribution is 2.28. The molecule has 0 bridgehead atoms. The average molecular weight is 316 g/mol. The molecule has 5 heteroatoms. The Bertz CT molecular complexity index is 627. The fourth-order valence-corrected chi connectivity index (χ4v) is 3.97. The molecule has 1 fully saturated rings. The second-order valence-corrected chi connectivity index (χ2v) is 6.78. The van der Waals surface area contributed by atoms with Gasteiger partial charge in [-0.05, 0) is 55.1 Å². The molecule has 0 aromatic carbocycles. The molecule has 0 spiro atoms. The molecule has 0 saturated carbocycles. The summed E-state index contributed by atoms with van der Waals surface area (Å²) >= 11 is 1.53. The van der Waals surface area contributed by atoms with Gasteiger partial charge in [-0.25, -0.2) is 4.79 Å². The lowest BCUT2D eigenvalue weighted by Gasteiger charge is -2.32. The van der Waals surface area contributed by atoms with E-state index >= 15 is 0 Å². The highest BCUT2D eigenvalue weighted by Gasteiger charge is 2.22. The van der Waals surface area contributed by atoms with Gasteiger partial charge in [0.2, 0.25) is 0 Å². The Morgan fingerprint density at radius 2 is 2.18 bits per heavy atom. The molecular formula is C17H20N2O2S. The van der Waals surface area contributed by atoms with Crippen LogP contribution in [0.1, 0.15) is 38.9 Å². The molecule has 1 saturated heterocycles. The molecule has 1 atom stereocenters. The Morgan fingerprint density at radius 1 is 1.36 bits per heavy atom. The van der Waals surface area contributed by atoms with Gasteiger partial charge in [0.1, 0.15) is 4.88 Å².